The first-order valence-corrected chi connectivity index (χ1v) is 9.11. The van der Waals surface area contributed by atoms with Gasteiger partial charge < -0.3 is 19.7 Å². The third kappa shape index (κ3) is 4.65. The van der Waals surface area contributed by atoms with E-state index in [1.807, 2.05) is 20.0 Å². The van der Waals surface area contributed by atoms with E-state index in [-0.39, 0.29) is 11.9 Å². The fraction of sp³-hybridized carbons (Fsp3) is 0.632. The largest absolute Gasteiger partial charge is 0.496 e. The zero-order valence-corrected chi connectivity index (χ0v) is 16.5. The molecule has 1 aliphatic heterocycles. The molecule has 0 atom stereocenters. The Bertz CT molecular complexity index is 652. The molecule has 1 aromatic heterocycles. The summed E-state index contributed by atoms with van der Waals surface area (Å²) in [5.74, 6) is 1.60. The molecule has 0 aliphatic carbocycles. The van der Waals surface area contributed by atoms with Gasteiger partial charge in [0, 0.05) is 37.0 Å². The molecule has 0 amide bonds. The number of rotatable bonds is 5. The molecule has 7 heteroatoms. The third-order valence-electron chi connectivity index (χ3n) is 4.79. The van der Waals surface area contributed by atoms with Gasteiger partial charge in [-0.05, 0) is 33.6 Å². The molecule has 0 saturated carbocycles. The lowest BCUT2D eigenvalue weighted by Crippen LogP contribution is -2.46. The summed E-state index contributed by atoms with van der Waals surface area (Å²) in [6.07, 6.45) is 3.39. The summed E-state index contributed by atoms with van der Waals surface area (Å²) in [4.78, 5) is 23.2. The maximum atomic E-state index is 11.7. The molecule has 0 aromatic carbocycles. The van der Waals surface area contributed by atoms with Crippen LogP contribution in [0.4, 0.5) is 0 Å². The fourth-order valence-corrected chi connectivity index (χ4v) is 3.30. The minimum atomic E-state index is -0.113. The van der Waals surface area contributed by atoms with E-state index in [9.17, 15) is 4.79 Å². The van der Waals surface area contributed by atoms with Crippen LogP contribution in [0, 0.1) is 19.8 Å². The second-order valence-electron chi connectivity index (χ2n) is 6.50. The van der Waals surface area contributed by atoms with Crippen LogP contribution in [-0.2, 0) is 16.1 Å². The van der Waals surface area contributed by atoms with Gasteiger partial charge in [-0.25, -0.2) is 4.99 Å². The zero-order valence-electron chi connectivity index (χ0n) is 16.5. The number of guanidine groups is 1. The number of carbonyl (C=O) groups excluding carboxylic acids is 1. The Balaban J connectivity index is 2.09. The molecule has 2 heterocycles. The predicted octanol–water partition coefficient (Wildman–Crippen LogP) is 2.06. The van der Waals surface area contributed by atoms with Gasteiger partial charge in [-0.15, -0.1) is 0 Å². The predicted molar refractivity (Wildman–Crippen MR) is 101 cm³/mol. The van der Waals surface area contributed by atoms with Gasteiger partial charge in [0.05, 0.1) is 32.4 Å². The van der Waals surface area contributed by atoms with Gasteiger partial charge in [0.1, 0.15) is 5.75 Å². The van der Waals surface area contributed by atoms with E-state index >= 15 is 0 Å². The second kappa shape index (κ2) is 9.40. The van der Waals surface area contributed by atoms with Crippen molar-refractivity contribution in [3.05, 3.63) is 23.0 Å². The Hall–Kier alpha value is -2.31. The quantitative estimate of drug-likeness (QED) is 0.491. The molecule has 1 saturated heterocycles. The van der Waals surface area contributed by atoms with Gasteiger partial charge in [-0.1, -0.05) is 0 Å². The van der Waals surface area contributed by atoms with Gasteiger partial charge in [0.25, 0.3) is 0 Å². The number of nitrogens with zero attached hydrogens (tertiary/aromatic N) is 3. The van der Waals surface area contributed by atoms with E-state index in [1.54, 1.807) is 7.11 Å². The van der Waals surface area contributed by atoms with Crippen molar-refractivity contribution in [3.8, 4) is 5.75 Å². The zero-order chi connectivity index (χ0) is 19.1. The number of esters is 1. The van der Waals surface area contributed by atoms with Crippen LogP contribution < -0.4 is 10.1 Å². The summed E-state index contributed by atoms with van der Waals surface area (Å²) < 4.78 is 10.3. The van der Waals surface area contributed by atoms with E-state index in [1.165, 1.54) is 7.11 Å². The standard InChI is InChI=1S/C19H30N4O3/c1-6-20-19(23-9-7-15(8-10-23)18(24)26-5)22-12-16-14(3)17(25-4)13(2)11-21-16/h11,15H,6-10,12H2,1-5H3,(H,20,22). The van der Waals surface area contributed by atoms with Gasteiger partial charge in [-0.2, -0.15) is 0 Å². The van der Waals surface area contributed by atoms with E-state index in [4.69, 9.17) is 14.5 Å². The first-order valence-electron chi connectivity index (χ1n) is 9.11. The van der Waals surface area contributed by atoms with Crippen molar-refractivity contribution >= 4 is 11.9 Å². The number of carbonyl (C=O) groups is 1. The maximum absolute atomic E-state index is 11.7. The molecular formula is C19H30N4O3. The number of hydrogen-bond donors (Lipinski definition) is 1. The van der Waals surface area contributed by atoms with Crippen LogP contribution in [0.25, 0.3) is 0 Å². The third-order valence-corrected chi connectivity index (χ3v) is 4.79. The summed E-state index contributed by atoms with van der Waals surface area (Å²) in [6.45, 7) is 8.90. The molecule has 144 valence electrons. The second-order valence-corrected chi connectivity index (χ2v) is 6.50. The number of likely N-dealkylation sites (tertiary alicyclic amines) is 1. The summed E-state index contributed by atoms with van der Waals surface area (Å²) in [6, 6.07) is 0. The highest BCUT2D eigenvalue weighted by atomic mass is 16.5. The number of aromatic nitrogens is 1. The van der Waals surface area contributed by atoms with Gasteiger partial charge in [0.15, 0.2) is 5.96 Å². The molecule has 26 heavy (non-hydrogen) atoms. The van der Waals surface area contributed by atoms with Crippen molar-refractivity contribution in [2.45, 2.75) is 40.2 Å². The lowest BCUT2D eigenvalue weighted by atomic mass is 9.97. The minimum Gasteiger partial charge on any atom is -0.496 e. The molecule has 1 fully saturated rings. The molecular weight excluding hydrogens is 332 g/mol. The highest BCUT2D eigenvalue weighted by molar-refractivity contribution is 5.80. The number of pyridine rings is 1. The monoisotopic (exact) mass is 362 g/mol. The van der Waals surface area contributed by atoms with Crippen LogP contribution in [0.3, 0.4) is 0 Å². The summed E-state index contributed by atoms with van der Waals surface area (Å²) in [5, 5.41) is 3.34. The molecule has 7 nitrogen and oxygen atoms in total. The molecule has 0 bridgehead atoms. The maximum Gasteiger partial charge on any atom is 0.308 e. The number of hydrogen-bond acceptors (Lipinski definition) is 5. The average Bonchev–Trinajstić information content (AvgIpc) is 2.66. The Morgan fingerprint density at radius 1 is 1.35 bits per heavy atom. The number of ether oxygens (including phenoxy) is 2. The van der Waals surface area contributed by atoms with Crippen molar-refractivity contribution < 1.29 is 14.3 Å². The number of aliphatic imine (C=N–C) groups is 1. The number of methoxy groups -OCH3 is 2. The van der Waals surface area contributed by atoms with Crippen LogP contribution in [0.15, 0.2) is 11.2 Å². The van der Waals surface area contributed by atoms with Crippen molar-refractivity contribution in [2.75, 3.05) is 33.9 Å². The van der Waals surface area contributed by atoms with Gasteiger partial charge in [-0.3, -0.25) is 9.78 Å². The lowest BCUT2D eigenvalue weighted by molar-refractivity contribution is -0.146. The highest BCUT2D eigenvalue weighted by Gasteiger charge is 2.27. The SMILES string of the molecule is CCNC(=NCc1ncc(C)c(OC)c1C)N1CCC(C(=O)OC)CC1. The van der Waals surface area contributed by atoms with Crippen LogP contribution in [0.5, 0.6) is 5.75 Å². The van der Waals surface area contributed by atoms with Crippen molar-refractivity contribution in [3.63, 3.8) is 0 Å². The Morgan fingerprint density at radius 3 is 2.62 bits per heavy atom. The lowest BCUT2D eigenvalue weighted by Gasteiger charge is -2.33. The molecule has 1 aromatic rings. The first kappa shape index (κ1) is 20.0. The average molecular weight is 362 g/mol. The van der Waals surface area contributed by atoms with Crippen molar-refractivity contribution in [2.24, 2.45) is 10.9 Å². The van der Waals surface area contributed by atoms with Crippen LogP contribution in [-0.4, -0.2) is 55.7 Å². The molecule has 0 spiro atoms. The topological polar surface area (TPSA) is 76.1 Å². The molecule has 0 unspecified atom stereocenters. The first-order chi connectivity index (χ1) is 12.5. The fourth-order valence-electron chi connectivity index (χ4n) is 3.30. The van der Waals surface area contributed by atoms with Gasteiger partial charge >= 0.3 is 5.97 Å². The number of aryl methyl sites for hydroxylation is 1. The molecule has 1 N–H and O–H groups in total. The van der Waals surface area contributed by atoms with Crippen molar-refractivity contribution in [1.82, 2.24) is 15.2 Å². The van der Waals surface area contributed by atoms with Crippen LogP contribution in [0.2, 0.25) is 0 Å². The van der Waals surface area contributed by atoms with Gasteiger partial charge in [0.2, 0.25) is 0 Å². The number of piperidine rings is 1. The highest BCUT2D eigenvalue weighted by Crippen LogP contribution is 2.24. The van der Waals surface area contributed by atoms with E-state index in [2.05, 4.69) is 22.1 Å². The summed E-state index contributed by atoms with van der Waals surface area (Å²) in [5.41, 5.74) is 2.96. The van der Waals surface area contributed by atoms with E-state index in [0.29, 0.717) is 6.54 Å². The molecule has 0 radical (unpaired) electrons. The van der Waals surface area contributed by atoms with Crippen LogP contribution >= 0.6 is 0 Å². The van der Waals surface area contributed by atoms with Crippen molar-refractivity contribution in [1.29, 1.82) is 0 Å². The van der Waals surface area contributed by atoms with E-state index in [0.717, 1.165) is 61.0 Å². The Morgan fingerprint density at radius 2 is 2.04 bits per heavy atom. The van der Waals surface area contributed by atoms with Crippen LogP contribution in [0.1, 0.15) is 36.6 Å². The molecule has 2 rings (SSSR count). The Labute approximate surface area is 155 Å². The van der Waals surface area contributed by atoms with E-state index < -0.39 is 0 Å². The summed E-state index contributed by atoms with van der Waals surface area (Å²) >= 11 is 0. The smallest absolute Gasteiger partial charge is 0.308 e. The summed E-state index contributed by atoms with van der Waals surface area (Å²) in [7, 11) is 3.13. The number of nitrogens with one attached hydrogen (secondary N) is 1. The molecule has 1 aliphatic rings. The minimum absolute atomic E-state index is 0.00982. The normalized spacial score (nSPS) is 15.7. The Kier molecular flexibility index (Phi) is 7.24.